The van der Waals surface area contributed by atoms with Gasteiger partial charge in [0.1, 0.15) is 12.4 Å². The van der Waals surface area contributed by atoms with Crippen molar-refractivity contribution in [2.24, 2.45) is 0 Å². The van der Waals surface area contributed by atoms with Gasteiger partial charge in [-0.2, -0.15) is 0 Å². The van der Waals surface area contributed by atoms with E-state index in [0.29, 0.717) is 23.9 Å². The van der Waals surface area contributed by atoms with Crippen LogP contribution in [0.15, 0.2) is 18.2 Å². The molecule has 0 radical (unpaired) electrons. The highest BCUT2D eigenvalue weighted by atomic mass is 35.5. The van der Waals surface area contributed by atoms with Gasteiger partial charge >= 0.3 is 0 Å². The van der Waals surface area contributed by atoms with E-state index < -0.39 is 6.10 Å². The van der Waals surface area contributed by atoms with Gasteiger partial charge in [0.05, 0.1) is 17.0 Å². The maximum Gasteiger partial charge on any atom is 0.138 e. The Morgan fingerprint density at radius 3 is 2.73 bits per heavy atom. The molecule has 6 heteroatoms. The number of hydrogen-bond acceptors (Lipinski definition) is 4. The fourth-order valence-electron chi connectivity index (χ4n) is 2.49. The lowest BCUT2D eigenvalue weighted by molar-refractivity contribution is 0.183. The third kappa shape index (κ3) is 5.84. The molecule has 1 aromatic carbocycles. The molecule has 1 heterocycles. The number of piperidine rings is 1. The van der Waals surface area contributed by atoms with Crippen molar-refractivity contribution in [3.63, 3.8) is 0 Å². The quantitative estimate of drug-likeness (QED) is 0.709. The van der Waals surface area contributed by atoms with Crippen LogP contribution >= 0.6 is 23.2 Å². The number of ether oxygens (including phenoxy) is 1. The van der Waals surface area contributed by atoms with Crippen LogP contribution in [0.25, 0.3) is 0 Å². The SMILES string of the molecule is OC(CCl)CNc1ccc(OCCN2CCCCC2)c(Cl)c1. The number of likely N-dealkylation sites (tertiary alicyclic amines) is 1. The Morgan fingerprint density at radius 1 is 1.27 bits per heavy atom. The maximum absolute atomic E-state index is 9.43. The molecular weight excluding hydrogens is 323 g/mol. The van der Waals surface area contributed by atoms with E-state index >= 15 is 0 Å². The summed E-state index contributed by atoms with van der Waals surface area (Å²) in [6.45, 7) is 4.33. The smallest absolute Gasteiger partial charge is 0.138 e. The first-order chi connectivity index (χ1) is 10.7. The van der Waals surface area contributed by atoms with Crippen molar-refractivity contribution >= 4 is 28.9 Å². The van der Waals surface area contributed by atoms with Gasteiger partial charge in [0.25, 0.3) is 0 Å². The molecule has 0 aromatic heterocycles. The van der Waals surface area contributed by atoms with Crippen LogP contribution in [0.4, 0.5) is 5.69 Å². The van der Waals surface area contributed by atoms with Crippen LogP contribution in [0.3, 0.4) is 0 Å². The molecule has 1 aliphatic heterocycles. The van der Waals surface area contributed by atoms with Gasteiger partial charge in [0.15, 0.2) is 0 Å². The van der Waals surface area contributed by atoms with Gasteiger partial charge in [0, 0.05) is 18.8 Å². The minimum atomic E-state index is -0.569. The van der Waals surface area contributed by atoms with Crippen molar-refractivity contribution in [1.29, 1.82) is 0 Å². The lowest BCUT2D eigenvalue weighted by Crippen LogP contribution is -2.33. The average Bonchev–Trinajstić information content (AvgIpc) is 2.55. The van der Waals surface area contributed by atoms with Gasteiger partial charge in [-0.3, -0.25) is 4.90 Å². The van der Waals surface area contributed by atoms with E-state index in [9.17, 15) is 5.11 Å². The lowest BCUT2D eigenvalue weighted by Gasteiger charge is -2.26. The number of alkyl halides is 1. The zero-order valence-electron chi connectivity index (χ0n) is 12.7. The van der Waals surface area contributed by atoms with Gasteiger partial charge in [-0.15, -0.1) is 11.6 Å². The average molecular weight is 347 g/mol. The summed E-state index contributed by atoms with van der Waals surface area (Å²) in [5, 5.41) is 13.1. The number of aliphatic hydroxyl groups excluding tert-OH is 1. The zero-order valence-corrected chi connectivity index (χ0v) is 14.2. The number of aliphatic hydroxyl groups is 1. The third-order valence-corrected chi connectivity index (χ3v) is 4.42. The van der Waals surface area contributed by atoms with Crippen LogP contribution in [0.1, 0.15) is 19.3 Å². The lowest BCUT2D eigenvalue weighted by atomic mass is 10.1. The van der Waals surface area contributed by atoms with Gasteiger partial charge in [-0.1, -0.05) is 18.0 Å². The topological polar surface area (TPSA) is 44.7 Å². The van der Waals surface area contributed by atoms with E-state index in [1.54, 1.807) is 6.07 Å². The molecule has 1 aromatic rings. The molecule has 1 aliphatic rings. The van der Waals surface area contributed by atoms with Crippen LogP contribution in [-0.2, 0) is 0 Å². The van der Waals surface area contributed by atoms with Crippen LogP contribution in [0, 0.1) is 0 Å². The highest BCUT2D eigenvalue weighted by Gasteiger charge is 2.10. The van der Waals surface area contributed by atoms with Crippen LogP contribution in [0.5, 0.6) is 5.75 Å². The summed E-state index contributed by atoms with van der Waals surface area (Å²) in [5.41, 5.74) is 0.845. The first-order valence-corrected chi connectivity index (χ1v) is 8.73. The molecule has 124 valence electrons. The first kappa shape index (κ1) is 17.7. The molecule has 1 atom stereocenters. The van der Waals surface area contributed by atoms with Gasteiger partial charge in [-0.05, 0) is 44.1 Å². The largest absolute Gasteiger partial charge is 0.491 e. The number of benzene rings is 1. The van der Waals surface area contributed by atoms with E-state index in [4.69, 9.17) is 27.9 Å². The summed E-state index contributed by atoms with van der Waals surface area (Å²) in [6.07, 6.45) is 3.35. The molecule has 4 nitrogen and oxygen atoms in total. The third-order valence-electron chi connectivity index (χ3n) is 3.77. The fraction of sp³-hybridized carbons (Fsp3) is 0.625. The van der Waals surface area contributed by atoms with E-state index in [0.717, 1.165) is 12.2 Å². The van der Waals surface area contributed by atoms with Crippen molar-refractivity contribution in [3.8, 4) is 5.75 Å². The Labute approximate surface area is 142 Å². The molecule has 1 unspecified atom stereocenters. The predicted molar refractivity (Wildman–Crippen MR) is 92.5 cm³/mol. The molecule has 2 rings (SSSR count). The van der Waals surface area contributed by atoms with Crippen molar-refractivity contribution in [3.05, 3.63) is 23.2 Å². The van der Waals surface area contributed by atoms with Crippen molar-refractivity contribution < 1.29 is 9.84 Å². The van der Waals surface area contributed by atoms with Crippen LogP contribution < -0.4 is 10.1 Å². The second kappa shape index (κ2) is 9.46. The summed E-state index contributed by atoms with van der Waals surface area (Å²) in [4.78, 5) is 2.43. The normalized spacial score (nSPS) is 17.2. The second-order valence-electron chi connectivity index (χ2n) is 5.58. The fourth-order valence-corrected chi connectivity index (χ4v) is 2.83. The van der Waals surface area contributed by atoms with Crippen LogP contribution in [-0.4, -0.2) is 54.8 Å². The number of rotatable bonds is 8. The minimum absolute atomic E-state index is 0.207. The molecule has 22 heavy (non-hydrogen) atoms. The highest BCUT2D eigenvalue weighted by molar-refractivity contribution is 6.32. The van der Waals surface area contributed by atoms with Crippen molar-refractivity contribution in [2.75, 3.05) is 44.0 Å². The van der Waals surface area contributed by atoms with Gasteiger partial charge in [-0.25, -0.2) is 0 Å². The Morgan fingerprint density at radius 2 is 2.05 bits per heavy atom. The predicted octanol–water partition coefficient (Wildman–Crippen LogP) is 3.22. The summed E-state index contributed by atoms with van der Waals surface area (Å²) in [5.74, 6) is 0.903. The molecule has 1 saturated heterocycles. The number of nitrogens with zero attached hydrogens (tertiary/aromatic N) is 1. The van der Waals surface area contributed by atoms with Crippen LogP contribution in [0.2, 0.25) is 5.02 Å². The number of hydrogen-bond donors (Lipinski definition) is 2. The molecule has 0 amide bonds. The van der Waals surface area contributed by atoms with Crippen molar-refractivity contribution in [2.45, 2.75) is 25.4 Å². The molecule has 0 aliphatic carbocycles. The molecule has 1 fully saturated rings. The number of halogens is 2. The van der Waals surface area contributed by atoms with E-state index in [2.05, 4.69) is 10.2 Å². The Kier molecular flexibility index (Phi) is 7.60. The first-order valence-electron chi connectivity index (χ1n) is 7.81. The molecule has 2 N–H and O–H groups in total. The number of anilines is 1. The van der Waals surface area contributed by atoms with E-state index in [-0.39, 0.29) is 5.88 Å². The molecule has 0 bridgehead atoms. The second-order valence-corrected chi connectivity index (χ2v) is 6.30. The Balaban J connectivity index is 1.76. The molecular formula is C16H24Cl2N2O2. The monoisotopic (exact) mass is 346 g/mol. The van der Waals surface area contributed by atoms with Crippen molar-refractivity contribution in [1.82, 2.24) is 4.90 Å². The molecule has 0 spiro atoms. The highest BCUT2D eigenvalue weighted by Crippen LogP contribution is 2.27. The summed E-state index contributed by atoms with van der Waals surface area (Å²) < 4.78 is 5.77. The maximum atomic E-state index is 9.43. The summed E-state index contributed by atoms with van der Waals surface area (Å²) >= 11 is 11.8. The zero-order chi connectivity index (χ0) is 15.8. The summed E-state index contributed by atoms with van der Waals surface area (Å²) in [6, 6.07) is 5.55. The van der Waals surface area contributed by atoms with E-state index in [1.165, 1.54) is 32.4 Å². The van der Waals surface area contributed by atoms with E-state index in [1.807, 2.05) is 12.1 Å². The Bertz CT molecular complexity index is 454. The number of nitrogens with one attached hydrogen (secondary N) is 1. The Hall–Kier alpha value is -0.680. The van der Waals surface area contributed by atoms with Gasteiger partial charge < -0.3 is 15.2 Å². The standard InChI is InChI=1S/C16H24Cl2N2O2/c17-11-14(21)12-19-13-4-5-16(15(18)10-13)22-9-8-20-6-2-1-3-7-20/h4-5,10,14,19,21H,1-3,6-9,11-12H2. The van der Waals surface area contributed by atoms with Gasteiger partial charge in [0.2, 0.25) is 0 Å². The minimum Gasteiger partial charge on any atom is -0.491 e. The molecule has 0 saturated carbocycles. The summed E-state index contributed by atoms with van der Waals surface area (Å²) in [7, 11) is 0.